The molecule has 0 bridgehead atoms. The number of benzene rings is 1. The maximum atomic E-state index is 13.2. The van der Waals surface area contributed by atoms with Gasteiger partial charge in [0.1, 0.15) is 17.3 Å². The van der Waals surface area contributed by atoms with Crippen LogP contribution in [-0.2, 0) is 6.54 Å². The first-order chi connectivity index (χ1) is 9.19. The lowest BCUT2D eigenvalue weighted by atomic mass is 10.2. The van der Waals surface area contributed by atoms with E-state index >= 15 is 0 Å². The van der Waals surface area contributed by atoms with Crippen molar-refractivity contribution in [1.29, 1.82) is 0 Å². The standard InChI is InChI=1S/C13H12FN3OS/c1-8-6-9(2-3-10(8)14)18-12-11(7-15)17-4-5-19-13(17)16-12/h2-6H,7,15H2,1H3. The molecule has 0 aliphatic heterocycles. The van der Waals surface area contributed by atoms with E-state index in [0.717, 1.165) is 10.7 Å². The van der Waals surface area contributed by atoms with E-state index in [0.29, 0.717) is 23.7 Å². The van der Waals surface area contributed by atoms with E-state index in [1.807, 2.05) is 16.0 Å². The Labute approximate surface area is 113 Å². The number of aryl methyl sites for hydroxylation is 1. The maximum absolute atomic E-state index is 13.2. The fraction of sp³-hybridized carbons (Fsp3) is 0.154. The van der Waals surface area contributed by atoms with Crippen LogP contribution in [0.4, 0.5) is 4.39 Å². The Kier molecular flexibility index (Phi) is 2.96. The van der Waals surface area contributed by atoms with Crippen LogP contribution in [0.2, 0.25) is 0 Å². The fourth-order valence-electron chi connectivity index (χ4n) is 1.87. The highest BCUT2D eigenvalue weighted by atomic mass is 32.1. The van der Waals surface area contributed by atoms with Crippen LogP contribution in [0.5, 0.6) is 11.6 Å². The summed E-state index contributed by atoms with van der Waals surface area (Å²) in [6.45, 7) is 2.02. The Hall–Kier alpha value is -1.92. The minimum Gasteiger partial charge on any atom is -0.437 e. The Morgan fingerprint density at radius 2 is 2.32 bits per heavy atom. The summed E-state index contributed by atoms with van der Waals surface area (Å²) in [5.74, 6) is 0.775. The number of nitrogens with zero attached hydrogens (tertiary/aromatic N) is 2. The summed E-state index contributed by atoms with van der Waals surface area (Å²) in [6, 6.07) is 4.60. The second-order valence-electron chi connectivity index (χ2n) is 4.14. The Bertz CT molecular complexity index is 735. The summed E-state index contributed by atoms with van der Waals surface area (Å²) in [7, 11) is 0. The first kappa shape index (κ1) is 12.1. The van der Waals surface area contributed by atoms with Gasteiger partial charge in [0.2, 0.25) is 5.88 Å². The molecule has 19 heavy (non-hydrogen) atoms. The zero-order valence-corrected chi connectivity index (χ0v) is 11.1. The van der Waals surface area contributed by atoms with Crippen molar-refractivity contribution in [2.24, 2.45) is 5.73 Å². The summed E-state index contributed by atoms with van der Waals surface area (Å²) < 4.78 is 20.8. The number of imidazole rings is 1. The number of thiazole rings is 1. The molecule has 0 saturated carbocycles. The molecular formula is C13H12FN3OS. The molecule has 0 spiro atoms. The molecule has 0 aliphatic carbocycles. The maximum Gasteiger partial charge on any atom is 0.243 e. The quantitative estimate of drug-likeness (QED) is 0.800. The van der Waals surface area contributed by atoms with E-state index in [4.69, 9.17) is 10.5 Å². The van der Waals surface area contributed by atoms with Gasteiger partial charge in [-0.1, -0.05) is 0 Å². The van der Waals surface area contributed by atoms with Gasteiger partial charge in [-0.25, -0.2) is 4.39 Å². The van der Waals surface area contributed by atoms with Gasteiger partial charge in [-0.05, 0) is 30.7 Å². The molecule has 0 aliphatic rings. The van der Waals surface area contributed by atoms with Crippen molar-refractivity contribution in [3.8, 4) is 11.6 Å². The number of ether oxygens (including phenoxy) is 1. The van der Waals surface area contributed by atoms with E-state index < -0.39 is 0 Å². The average molecular weight is 277 g/mol. The molecular weight excluding hydrogens is 265 g/mol. The van der Waals surface area contributed by atoms with Crippen molar-refractivity contribution >= 4 is 16.3 Å². The summed E-state index contributed by atoms with van der Waals surface area (Å²) in [5.41, 5.74) is 7.07. The minimum absolute atomic E-state index is 0.253. The molecule has 0 amide bonds. The monoisotopic (exact) mass is 277 g/mol. The van der Waals surface area contributed by atoms with Crippen LogP contribution in [0.25, 0.3) is 4.96 Å². The largest absolute Gasteiger partial charge is 0.437 e. The molecule has 0 unspecified atom stereocenters. The van der Waals surface area contributed by atoms with Crippen LogP contribution >= 0.6 is 11.3 Å². The van der Waals surface area contributed by atoms with Crippen molar-refractivity contribution < 1.29 is 9.13 Å². The Morgan fingerprint density at radius 1 is 1.47 bits per heavy atom. The molecule has 0 saturated heterocycles. The Balaban J connectivity index is 2.00. The summed E-state index contributed by atoms with van der Waals surface area (Å²) >= 11 is 1.51. The van der Waals surface area contributed by atoms with Gasteiger partial charge < -0.3 is 10.5 Å². The third-order valence-electron chi connectivity index (χ3n) is 2.86. The summed E-state index contributed by atoms with van der Waals surface area (Å²) in [5, 5.41) is 1.94. The van der Waals surface area contributed by atoms with Crippen molar-refractivity contribution in [2.45, 2.75) is 13.5 Å². The van der Waals surface area contributed by atoms with Crippen molar-refractivity contribution in [3.63, 3.8) is 0 Å². The number of aromatic nitrogens is 2. The number of hydrogen-bond acceptors (Lipinski definition) is 4. The SMILES string of the molecule is Cc1cc(Oc2nc3sccn3c2CN)ccc1F. The fourth-order valence-corrected chi connectivity index (χ4v) is 2.60. The highest BCUT2D eigenvalue weighted by molar-refractivity contribution is 7.15. The summed E-state index contributed by atoms with van der Waals surface area (Å²) in [4.78, 5) is 5.20. The lowest BCUT2D eigenvalue weighted by Gasteiger charge is -2.06. The van der Waals surface area contributed by atoms with Crippen LogP contribution in [0.3, 0.4) is 0 Å². The second-order valence-corrected chi connectivity index (χ2v) is 5.01. The smallest absolute Gasteiger partial charge is 0.243 e. The van der Waals surface area contributed by atoms with E-state index in [1.165, 1.54) is 17.4 Å². The normalized spacial score (nSPS) is 11.1. The van der Waals surface area contributed by atoms with Crippen LogP contribution in [0.15, 0.2) is 29.8 Å². The van der Waals surface area contributed by atoms with Gasteiger partial charge in [-0.3, -0.25) is 4.40 Å². The molecule has 4 nitrogen and oxygen atoms in total. The summed E-state index contributed by atoms with van der Waals surface area (Å²) in [6.07, 6.45) is 1.90. The van der Waals surface area contributed by atoms with Gasteiger partial charge >= 0.3 is 0 Å². The number of rotatable bonds is 3. The molecule has 3 aromatic rings. The minimum atomic E-state index is -0.253. The molecule has 1 aromatic carbocycles. The predicted octanol–water partition coefficient (Wildman–Crippen LogP) is 3.09. The van der Waals surface area contributed by atoms with Gasteiger partial charge in [0.05, 0.1) is 0 Å². The van der Waals surface area contributed by atoms with Crippen LogP contribution in [-0.4, -0.2) is 9.38 Å². The van der Waals surface area contributed by atoms with Crippen molar-refractivity contribution in [2.75, 3.05) is 0 Å². The first-order valence-electron chi connectivity index (χ1n) is 5.77. The molecule has 0 atom stereocenters. The molecule has 2 heterocycles. The topological polar surface area (TPSA) is 52.5 Å². The predicted molar refractivity (Wildman–Crippen MR) is 72.2 cm³/mol. The molecule has 98 valence electrons. The average Bonchev–Trinajstić information content (AvgIpc) is 2.94. The van der Waals surface area contributed by atoms with Crippen LogP contribution in [0, 0.1) is 12.7 Å². The lowest BCUT2D eigenvalue weighted by Crippen LogP contribution is -2.01. The van der Waals surface area contributed by atoms with Gasteiger partial charge in [0.15, 0.2) is 4.96 Å². The number of hydrogen-bond donors (Lipinski definition) is 1. The molecule has 2 aromatic heterocycles. The van der Waals surface area contributed by atoms with Gasteiger partial charge in [0.25, 0.3) is 0 Å². The highest BCUT2D eigenvalue weighted by Crippen LogP contribution is 2.28. The molecule has 0 fully saturated rings. The lowest BCUT2D eigenvalue weighted by molar-refractivity contribution is 0.457. The second kappa shape index (κ2) is 4.64. The number of nitrogens with two attached hydrogens (primary N) is 1. The van der Waals surface area contributed by atoms with Crippen molar-refractivity contribution in [1.82, 2.24) is 9.38 Å². The van der Waals surface area contributed by atoms with E-state index in [2.05, 4.69) is 4.98 Å². The van der Waals surface area contributed by atoms with E-state index in [9.17, 15) is 4.39 Å². The van der Waals surface area contributed by atoms with Gasteiger partial charge in [-0.2, -0.15) is 4.98 Å². The number of fused-ring (bicyclic) bond motifs is 1. The molecule has 3 rings (SSSR count). The van der Waals surface area contributed by atoms with Gasteiger partial charge in [-0.15, -0.1) is 11.3 Å². The van der Waals surface area contributed by atoms with Gasteiger partial charge in [0, 0.05) is 18.1 Å². The van der Waals surface area contributed by atoms with E-state index in [-0.39, 0.29) is 5.82 Å². The van der Waals surface area contributed by atoms with Crippen LogP contribution < -0.4 is 10.5 Å². The van der Waals surface area contributed by atoms with Crippen LogP contribution in [0.1, 0.15) is 11.3 Å². The third kappa shape index (κ3) is 2.09. The van der Waals surface area contributed by atoms with E-state index in [1.54, 1.807) is 19.1 Å². The third-order valence-corrected chi connectivity index (χ3v) is 3.62. The molecule has 6 heteroatoms. The highest BCUT2D eigenvalue weighted by Gasteiger charge is 2.14. The zero-order chi connectivity index (χ0) is 13.4. The molecule has 0 radical (unpaired) electrons. The zero-order valence-electron chi connectivity index (χ0n) is 10.3. The van der Waals surface area contributed by atoms with Crippen molar-refractivity contribution in [3.05, 3.63) is 46.9 Å². The molecule has 2 N–H and O–H groups in total. The number of halogens is 1. The Morgan fingerprint density at radius 3 is 3.05 bits per heavy atom. The first-order valence-corrected chi connectivity index (χ1v) is 6.65.